The summed E-state index contributed by atoms with van der Waals surface area (Å²) >= 11 is 0. The average Bonchev–Trinajstić information content (AvgIpc) is 2.26. The van der Waals surface area contributed by atoms with E-state index in [0.29, 0.717) is 11.8 Å². The molecule has 1 atom stereocenters. The first-order valence-corrected chi connectivity index (χ1v) is 5.75. The lowest BCUT2D eigenvalue weighted by Gasteiger charge is -2.30. The highest BCUT2D eigenvalue weighted by Crippen LogP contribution is 2.28. The molecular formula is C13H21NO. The SMILES string of the molecule is CCCN(c1ccccc1O)C(C)CC. The lowest BCUT2D eigenvalue weighted by Crippen LogP contribution is -2.33. The molecule has 1 unspecified atom stereocenters. The summed E-state index contributed by atoms with van der Waals surface area (Å²) in [4.78, 5) is 2.27. The van der Waals surface area contributed by atoms with Gasteiger partial charge in [0.2, 0.25) is 0 Å². The number of para-hydroxylation sites is 2. The maximum atomic E-state index is 9.81. The minimum atomic E-state index is 0.381. The van der Waals surface area contributed by atoms with Gasteiger partial charge in [-0.15, -0.1) is 0 Å². The second-order valence-electron chi connectivity index (χ2n) is 3.94. The Morgan fingerprint density at radius 3 is 2.47 bits per heavy atom. The highest BCUT2D eigenvalue weighted by Gasteiger charge is 2.14. The van der Waals surface area contributed by atoms with Gasteiger partial charge >= 0.3 is 0 Å². The summed E-state index contributed by atoms with van der Waals surface area (Å²) in [6, 6.07) is 8.04. The van der Waals surface area contributed by atoms with E-state index in [0.717, 1.165) is 25.1 Å². The molecule has 0 aliphatic heterocycles. The Morgan fingerprint density at radius 2 is 1.93 bits per heavy atom. The van der Waals surface area contributed by atoms with Crippen molar-refractivity contribution in [1.29, 1.82) is 0 Å². The molecule has 0 aromatic heterocycles. The van der Waals surface area contributed by atoms with Crippen molar-refractivity contribution in [3.63, 3.8) is 0 Å². The molecule has 0 saturated carbocycles. The second-order valence-corrected chi connectivity index (χ2v) is 3.94. The predicted octanol–water partition coefficient (Wildman–Crippen LogP) is 3.41. The van der Waals surface area contributed by atoms with E-state index in [4.69, 9.17) is 0 Å². The van der Waals surface area contributed by atoms with Gasteiger partial charge in [0.15, 0.2) is 0 Å². The average molecular weight is 207 g/mol. The van der Waals surface area contributed by atoms with Gasteiger partial charge in [-0.25, -0.2) is 0 Å². The van der Waals surface area contributed by atoms with Gasteiger partial charge in [-0.05, 0) is 31.9 Å². The third-order valence-corrected chi connectivity index (χ3v) is 2.78. The van der Waals surface area contributed by atoms with Crippen LogP contribution in [-0.4, -0.2) is 17.7 Å². The smallest absolute Gasteiger partial charge is 0.138 e. The van der Waals surface area contributed by atoms with E-state index in [-0.39, 0.29) is 0 Å². The van der Waals surface area contributed by atoms with E-state index in [1.165, 1.54) is 0 Å². The first kappa shape index (κ1) is 11.9. The van der Waals surface area contributed by atoms with E-state index in [9.17, 15) is 5.11 Å². The largest absolute Gasteiger partial charge is 0.506 e. The van der Waals surface area contributed by atoms with Crippen LogP contribution in [0, 0.1) is 0 Å². The number of phenols is 1. The molecule has 2 heteroatoms. The quantitative estimate of drug-likeness (QED) is 0.799. The summed E-state index contributed by atoms with van der Waals surface area (Å²) in [7, 11) is 0. The standard InChI is InChI=1S/C13H21NO/c1-4-10-14(11(3)5-2)12-8-6-7-9-13(12)15/h6-9,11,15H,4-5,10H2,1-3H3. The highest BCUT2D eigenvalue weighted by atomic mass is 16.3. The Labute approximate surface area is 92.5 Å². The second kappa shape index (κ2) is 5.64. The molecule has 0 heterocycles. The van der Waals surface area contributed by atoms with Crippen LogP contribution < -0.4 is 4.90 Å². The number of aromatic hydroxyl groups is 1. The van der Waals surface area contributed by atoms with Gasteiger partial charge in [0.25, 0.3) is 0 Å². The predicted molar refractivity (Wildman–Crippen MR) is 65.5 cm³/mol. The Morgan fingerprint density at radius 1 is 1.27 bits per heavy atom. The molecule has 1 aromatic rings. The van der Waals surface area contributed by atoms with Gasteiger partial charge in [0, 0.05) is 12.6 Å². The van der Waals surface area contributed by atoms with Crippen LogP contribution in [0.4, 0.5) is 5.69 Å². The molecule has 1 N–H and O–H groups in total. The normalized spacial score (nSPS) is 12.5. The zero-order chi connectivity index (χ0) is 11.3. The molecule has 0 radical (unpaired) electrons. The van der Waals surface area contributed by atoms with Gasteiger partial charge in [-0.2, -0.15) is 0 Å². The van der Waals surface area contributed by atoms with Crippen molar-refractivity contribution in [2.75, 3.05) is 11.4 Å². The van der Waals surface area contributed by atoms with Crippen molar-refractivity contribution in [1.82, 2.24) is 0 Å². The van der Waals surface area contributed by atoms with Crippen LogP contribution in [0.3, 0.4) is 0 Å². The van der Waals surface area contributed by atoms with Gasteiger partial charge in [0.1, 0.15) is 5.75 Å². The maximum absolute atomic E-state index is 9.81. The third kappa shape index (κ3) is 2.88. The van der Waals surface area contributed by atoms with Crippen molar-refractivity contribution in [3.05, 3.63) is 24.3 Å². The van der Waals surface area contributed by atoms with Gasteiger partial charge in [0.05, 0.1) is 5.69 Å². The van der Waals surface area contributed by atoms with E-state index >= 15 is 0 Å². The van der Waals surface area contributed by atoms with Crippen molar-refractivity contribution in [2.24, 2.45) is 0 Å². The third-order valence-electron chi connectivity index (χ3n) is 2.78. The number of anilines is 1. The van der Waals surface area contributed by atoms with Crippen molar-refractivity contribution in [2.45, 2.75) is 39.7 Å². The van der Waals surface area contributed by atoms with E-state index in [1.807, 2.05) is 18.2 Å². The van der Waals surface area contributed by atoms with Crippen LogP contribution in [0.25, 0.3) is 0 Å². The van der Waals surface area contributed by atoms with Gasteiger partial charge in [-0.3, -0.25) is 0 Å². The number of hydrogen-bond acceptors (Lipinski definition) is 2. The molecule has 0 aliphatic carbocycles. The molecule has 2 nitrogen and oxygen atoms in total. The maximum Gasteiger partial charge on any atom is 0.138 e. The minimum absolute atomic E-state index is 0.381. The highest BCUT2D eigenvalue weighted by molar-refractivity contribution is 5.58. The molecule has 0 aliphatic rings. The Kier molecular flexibility index (Phi) is 4.47. The molecule has 0 amide bonds. The summed E-state index contributed by atoms with van der Waals surface area (Å²) in [5, 5.41) is 9.81. The fourth-order valence-corrected chi connectivity index (χ4v) is 1.75. The number of benzene rings is 1. The lowest BCUT2D eigenvalue weighted by molar-refractivity contribution is 0.469. The molecule has 15 heavy (non-hydrogen) atoms. The Hall–Kier alpha value is -1.18. The monoisotopic (exact) mass is 207 g/mol. The van der Waals surface area contributed by atoms with Crippen LogP contribution in [0.15, 0.2) is 24.3 Å². The molecule has 1 aromatic carbocycles. The zero-order valence-electron chi connectivity index (χ0n) is 9.90. The topological polar surface area (TPSA) is 23.5 Å². The molecule has 0 saturated heterocycles. The van der Waals surface area contributed by atoms with Crippen molar-refractivity contribution in [3.8, 4) is 5.75 Å². The summed E-state index contributed by atoms with van der Waals surface area (Å²) in [6.45, 7) is 7.53. The van der Waals surface area contributed by atoms with Crippen molar-refractivity contribution < 1.29 is 5.11 Å². The van der Waals surface area contributed by atoms with Crippen LogP contribution in [0.5, 0.6) is 5.75 Å². The molecular weight excluding hydrogens is 186 g/mol. The molecule has 1 rings (SSSR count). The Bertz CT molecular complexity index is 298. The molecule has 84 valence electrons. The summed E-state index contributed by atoms with van der Waals surface area (Å²) in [6.07, 6.45) is 2.19. The summed E-state index contributed by atoms with van der Waals surface area (Å²) in [5.74, 6) is 0.381. The number of rotatable bonds is 5. The first-order valence-electron chi connectivity index (χ1n) is 5.75. The number of nitrogens with zero attached hydrogens (tertiary/aromatic N) is 1. The fraction of sp³-hybridized carbons (Fsp3) is 0.538. The van der Waals surface area contributed by atoms with Crippen LogP contribution in [0.1, 0.15) is 33.6 Å². The zero-order valence-corrected chi connectivity index (χ0v) is 9.90. The number of phenolic OH excluding ortho intramolecular Hbond substituents is 1. The van der Waals surface area contributed by atoms with E-state index in [2.05, 4.69) is 25.7 Å². The lowest BCUT2D eigenvalue weighted by atomic mass is 10.1. The van der Waals surface area contributed by atoms with Crippen LogP contribution >= 0.6 is 0 Å². The van der Waals surface area contributed by atoms with Gasteiger partial charge < -0.3 is 10.0 Å². The van der Waals surface area contributed by atoms with E-state index < -0.39 is 0 Å². The number of hydrogen-bond donors (Lipinski definition) is 1. The van der Waals surface area contributed by atoms with Gasteiger partial charge in [-0.1, -0.05) is 26.0 Å². The van der Waals surface area contributed by atoms with Crippen molar-refractivity contribution >= 4 is 5.69 Å². The van der Waals surface area contributed by atoms with Crippen LogP contribution in [0.2, 0.25) is 0 Å². The minimum Gasteiger partial charge on any atom is -0.506 e. The first-order chi connectivity index (χ1) is 7.20. The molecule has 0 spiro atoms. The fourth-order valence-electron chi connectivity index (χ4n) is 1.75. The summed E-state index contributed by atoms with van der Waals surface area (Å²) < 4.78 is 0. The molecule has 0 fully saturated rings. The van der Waals surface area contributed by atoms with Crippen LogP contribution in [-0.2, 0) is 0 Å². The molecule has 0 bridgehead atoms. The summed E-state index contributed by atoms with van der Waals surface area (Å²) in [5.41, 5.74) is 0.953. The van der Waals surface area contributed by atoms with E-state index in [1.54, 1.807) is 6.07 Å². The Balaban J connectivity index is 2.93.